The summed E-state index contributed by atoms with van der Waals surface area (Å²) in [6.07, 6.45) is 8.46. The Morgan fingerprint density at radius 2 is 1.69 bits per heavy atom. The normalized spacial score (nSPS) is 18.5. The Bertz CT molecular complexity index is 1010. The van der Waals surface area contributed by atoms with Crippen molar-refractivity contribution in [3.05, 3.63) is 58.8 Å². The van der Waals surface area contributed by atoms with Crippen LogP contribution in [0.1, 0.15) is 44.1 Å². The quantitative estimate of drug-likeness (QED) is 0.442. The molecule has 0 unspecified atom stereocenters. The van der Waals surface area contributed by atoms with Gasteiger partial charge in [-0.3, -0.25) is 0 Å². The minimum atomic E-state index is 0.0484. The molecular weight excluding hydrogens is 340 g/mol. The minimum absolute atomic E-state index is 0.0484. The molecule has 26 heavy (non-hydrogen) atoms. The van der Waals surface area contributed by atoms with E-state index in [4.69, 9.17) is 21.4 Å². The maximum atomic E-state index is 6.56. The van der Waals surface area contributed by atoms with Gasteiger partial charge in [-0.25, -0.2) is 0 Å². The maximum Gasteiger partial charge on any atom is 0.191 e. The summed E-state index contributed by atoms with van der Waals surface area (Å²) in [5.41, 5.74) is 4.46. The molecular formula is C23H22O2S. The van der Waals surface area contributed by atoms with Crippen LogP contribution in [0.2, 0.25) is 0 Å². The van der Waals surface area contributed by atoms with Crippen molar-refractivity contribution in [2.45, 2.75) is 50.5 Å². The Morgan fingerprint density at radius 1 is 0.885 bits per heavy atom. The molecule has 1 spiro atoms. The minimum Gasteiger partial charge on any atom is -0.487 e. The smallest absolute Gasteiger partial charge is 0.191 e. The first-order chi connectivity index (χ1) is 12.7. The first kappa shape index (κ1) is 16.1. The van der Waals surface area contributed by atoms with E-state index in [1.54, 1.807) is 0 Å². The molecule has 2 aromatic carbocycles. The lowest BCUT2D eigenvalue weighted by atomic mass is 9.79. The fraction of sp³-hybridized carbons (Fsp3) is 0.348. The van der Waals surface area contributed by atoms with Gasteiger partial charge >= 0.3 is 0 Å². The summed E-state index contributed by atoms with van der Waals surface area (Å²) >= 11 is 5.39. The third-order valence-corrected chi connectivity index (χ3v) is 6.15. The van der Waals surface area contributed by atoms with Crippen molar-refractivity contribution in [2.24, 2.45) is 0 Å². The molecule has 1 aliphatic heterocycles. The van der Waals surface area contributed by atoms with Crippen molar-refractivity contribution >= 4 is 23.2 Å². The van der Waals surface area contributed by atoms with E-state index < -0.39 is 0 Å². The number of benzene rings is 2. The fourth-order valence-electron chi connectivity index (χ4n) is 4.58. The van der Waals surface area contributed by atoms with Crippen LogP contribution in [0.4, 0.5) is 0 Å². The summed E-state index contributed by atoms with van der Waals surface area (Å²) in [7, 11) is 0. The van der Waals surface area contributed by atoms with E-state index in [1.807, 2.05) is 12.1 Å². The molecule has 0 bridgehead atoms. The number of ether oxygens (including phenoxy) is 1. The highest BCUT2D eigenvalue weighted by Crippen LogP contribution is 2.44. The van der Waals surface area contributed by atoms with E-state index in [0.29, 0.717) is 4.71 Å². The number of aryl methyl sites for hydroxylation is 1. The number of rotatable bonds is 1. The van der Waals surface area contributed by atoms with Crippen molar-refractivity contribution in [3.8, 4) is 16.9 Å². The Morgan fingerprint density at radius 3 is 2.50 bits per heavy atom. The molecule has 0 N–H and O–H groups in total. The second-order valence-electron chi connectivity index (χ2n) is 7.65. The highest BCUT2D eigenvalue weighted by Gasteiger charge is 2.37. The van der Waals surface area contributed by atoms with Gasteiger partial charge in [-0.2, -0.15) is 0 Å². The summed E-state index contributed by atoms with van der Waals surface area (Å²) in [6.45, 7) is 0. The number of hydrogen-bond acceptors (Lipinski definition) is 3. The molecule has 1 aliphatic carbocycles. The summed E-state index contributed by atoms with van der Waals surface area (Å²) < 4.78 is 13.0. The van der Waals surface area contributed by atoms with Gasteiger partial charge in [0.25, 0.3) is 0 Å². The summed E-state index contributed by atoms with van der Waals surface area (Å²) in [4.78, 5) is 0. The summed E-state index contributed by atoms with van der Waals surface area (Å²) in [6, 6.07) is 16.7. The standard InChI is InChI=1S/C23H22O2S/c26-22-14-18(16-7-3-1-4-8-16)19-13-17-9-12-23(10-5-2-6-11-23)25-20(17)15-21(19)24-22/h1,3-4,7-8,13-15H,2,5-6,9-12H2. The molecule has 5 rings (SSSR count). The molecule has 132 valence electrons. The van der Waals surface area contributed by atoms with Gasteiger partial charge in [0.05, 0.1) is 0 Å². The van der Waals surface area contributed by atoms with E-state index in [-0.39, 0.29) is 5.60 Å². The van der Waals surface area contributed by atoms with Crippen LogP contribution >= 0.6 is 12.2 Å². The monoisotopic (exact) mass is 362 g/mol. The lowest BCUT2D eigenvalue weighted by Gasteiger charge is -2.41. The van der Waals surface area contributed by atoms with Crippen LogP contribution in [0.15, 0.2) is 52.9 Å². The fourth-order valence-corrected chi connectivity index (χ4v) is 4.78. The van der Waals surface area contributed by atoms with Gasteiger partial charge in [0.15, 0.2) is 4.71 Å². The zero-order chi connectivity index (χ0) is 17.6. The first-order valence-electron chi connectivity index (χ1n) is 9.58. The third-order valence-electron chi connectivity index (χ3n) is 5.95. The average molecular weight is 362 g/mol. The topological polar surface area (TPSA) is 22.4 Å². The predicted molar refractivity (Wildman–Crippen MR) is 107 cm³/mol. The van der Waals surface area contributed by atoms with Gasteiger partial charge in [-0.05, 0) is 73.5 Å². The van der Waals surface area contributed by atoms with Crippen LogP contribution in [0.3, 0.4) is 0 Å². The molecule has 1 fully saturated rings. The van der Waals surface area contributed by atoms with Gasteiger partial charge in [0.2, 0.25) is 0 Å². The van der Waals surface area contributed by atoms with E-state index in [1.165, 1.54) is 43.2 Å². The van der Waals surface area contributed by atoms with Crippen molar-refractivity contribution < 1.29 is 9.15 Å². The van der Waals surface area contributed by atoms with Crippen molar-refractivity contribution in [1.82, 2.24) is 0 Å². The highest BCUT2D eigenvalue weighted by atomic mass is 32.1. The Hall–Kier alpha value is -2.13. The molecule has 3 aromatic rings. The van der Waals surface area contributed by atoms with Crippen molar-refractivity contribution in [1.29, 1.82) is 0 Å². The molecule has 0 atom stereocenters. The lowest BCUT2D eigenvalue weighted by molar-refractivity contribution is 0.0109. The Balaban J connectivity index is 1.65. The van der Waals surface area contributed by atoms with Crippen molar-refractivity contribution in [3.63, 3.8) is 0 Å². The largest absolute Gasteiger partial charge is 0.487 e. The van der Waals surface area contributed by atoms with E-state index in [9.17, 15) is 0 Å². The van der Waals surface area contributed by atoms with Crippen LogP contribution in [0.25, 0.3) is 22.1 Å². The lowest BCUT2D eigenvalue weighted by Crippen LogP contribution is -2.41. The van der Waals surface area contributed by atoms with E-state index in [2.05, 4.69) is 36.4 Å². The number of hydrogen-bond donors (Lipinski definition) is 0. The average Bonchev–Trinajstić information content (AvgIpc) is 2.67. The van der Waals surface area contributed by atoms with Crippen molar-refractivity contribution in [2.75, 3.05) is 0 Å². The maximum absolute atomic E-state index is 6.56. The van der Waals surface area contributed by atoms with E-state index >= 15 is 0 Å². The molecule has 2 heterocycles. The van der Waals surface area contributed by atoms with Crippen LogP contribution in [-0.2, 0) is 6.42 Å². The van der Waals surface area contributed by atoms with Gasteiger partial charge in [0.1, 0.15) is 16.9 Å². The molecule has 0 amide bonds. The van der Waals surface area contributed by atoms with Crippen LogP contribution < -0.4 is 4.74 Å². The molecule has 1 aromatic heterocycles. The summed E-state index contributed by atoms with van der Waals surface area (Å²) in [5, 5.41) is 1.12. The first-order valence-corrected chi connectivity index (χ1v) is 9.99. The second kappa shape index (κ2) is 6.24. The van der Waals surface area contributed by atoms with Gasteiger partial charge < -0.3 is 9.15 Å². The van der Waals surface area contributed by atoms with Crippen LogP contribution in [0.5, 0.6) is 5.75 Å². The van der Waals surface area contributed by atoms with Gasteiger partial charge in [-0.15, -0.1) is 0 Å². The Labute approximate surface area is 158 Å². The van der Waals surface area contributed by atoms with Crippen LogP contribution in [-0.4, -0.2) is 5.60 Å². The second-order valence-corrected chi connectivity index (χ2v) is 8.05. The highest BCUT2D eigenvalue weighted by molar-refractivity contribution is 7.71. The molecule has 0 saturated heterocycles. The summed E-state index contributed by atoms with van der Waals surface area (Å²) in [5.74, 6) is 0.994. The third kappa shape index (κ3) is 2.75. The van der Waals surface area contributed by atoms with Gasteiger partial charge in [0, 0.05) is 17.5 Å². The van der Waals surface area contributed by atoms with Gasteiger partial charge in [-0.1, -0.05) is 36.8 Å². The predicted octanol–water partition coefficient (Wildman–Crippen LogP) is 6.86. The Kier molecular flexibility index (Phi) is 3.86. The number of fused-ring (bicyclic) bond motifs is 2. The molecule has 1 saturated carbocycles. The molecule has 3 heteroatoms. The molecule has 0 radical (unpaired) electrons. The van der Waals surface area contributed by atoms with E-state index in [0.717, 1.165) is 35.1 Å². The zero-order valence-electron chi connectivity index (χ0n) is 14.8. The van der Waals surface area contributed by atoms with Crippen LogP contribution in [0, 0.1) is 4.71 Å². The molecule has 2 aliphatic rings. The molecule has 2 nitrogen and oxygen atoms in total. The zero-order valence-corrected chi connectivity index (χ0v) is 15.6. The SMILES string of the molecule is S=c1cc(-c2ccccc2)c2cc3c(cc2o1)OC1(CCCCC1)CC3.